The minimum atomic E-state index is -4.57. The number of halogens is 5. The van der Waals surface area contributed by atoms with Crippen LogP contribution >= 0.6 is 0 Å². The van der Waals surface area contributed by atoms with Crippen LogP contribution in [0.5, 0.6) is 0 Å². The van der Waals surface area contributed by atoms with Gasteiger partial charge in [-0.15, -0.1) is 0 Å². The topological polar surface area (TPSA) is 54.0 Å². The van der Waals surface area contributed by atoms with E-state index in [2.05, 4.69) is 15.6 Å². The zero-order valence-electron chi connectivity index (χ0n) is 17.8. The van der Waals surface area contributed by atoms with Crippen LogP contribution in [0.3, 0.4) is 0 Å². The summed E-state index contributed by atoms with van der Waals surface area (Å²) in [6.07, 6.45) is -2.38. The minimum absolute atomic E-state index is 0.113. The second kappa shape index (κ2) is 8.96. The van der Waals surface area contributed by atoms with Crippen molar-refractivity contribution in [3.63, 3.8) is 0 Å². The Balaban J connectivity index is 1.44. The van der Waals surface area contributed by atoms with Gasteiger partial charge < -0.3 is 10.6 Å². The molecule has 174 valence electrons. The van der Waals surface area contributed by atoms with E-state index in [-0.39, 0.29) is 23.2 Å². The number of para-hydroxylation sites is 1. The Labute approximate surface area is 187 Å². The third-order valence-electron chi connectivity index (χ3n) is 5.94. The van der Waals surface area contributed by atoms with Crippen molar-refractivity contribution >= 4 is 22.5 Å². The Morgan fingerprint density at radius 2 is 1.67 bits per heavy atom. The molecule has 2 aromatic carbocycles. The van der Waals surface area contributed by atoms with Crippen molar-refractivity contribution in [2.75, 3.05) is 5.32 Å². The molecule has 0 atom stereocenters. The number of fused-ring (bicyclic) bond motifs is 1. The zero-order chi connectivity index (χ0) is 23.8. The summed E-state index contributed by atoms with van der Waals surface area (Å²) in [6, 6.07) is 9.55. The van der Waals surface area contributed by atoms with Gasteiger partial charge in [-0.05, 0) is 56.4 Å². The van der Waals surface area contributed by atoms with Gasteiger partial charge in [-0.1, -0.05) is 24.3 Å². The van der Waals surface area contributed by atoms with Crippen molar-refractivity contribution in [3.05, 3.63) is 70.9 Å². The highest BCUT2D eigenvalue weighted by Crippen LogP contribution is 2.34. The molecule has 2 N–H and O–H groups in total. The average Bonchev–Trinajstić information content (AvgIpc) is 2.77. The van der Waals surface area contributed by atoms with Gasteiger partial charge in [-0.2, -0.15) is 13.2 Å². The van der Waals surface area contributed by atoms with E-state index >= 15 is 0 Å². The summed E-state index contributed by atoms with van der Waals surface area (Å²) in [5.74, 6) is -2.61. The standard InChI is InChI=1S/C24H22F5N3O/c1-13-6-11-17(25)21(22(13)26)23(33)31-15-9-7-14(8-10-15)30-19-12-20(24(27,28)29)32-18-5-3-2-4-16(18)19/h2-6,11-12,14-15H,7-10H2,1H3,(H,30,32)(H,31,33)/t14-,15+. The number of rotatable bonds is 4. The number of nitrogens with one attached hydrogen (secondary N) is 2. The lowest BCUT2D eigenvalue weighted by Crippen LogP contribution is -2.40. The molecule has 9 heteroatoms. The summed E-state index contributed by atoms with van der Waals surface area (Å²) in [5.41, 5.74) is -0.787. The van der Waals surface area contributed by atoms with E-state index in [1.54, 1.807) is 18.2 Å². The van der Waals surface area contributed by atoms with E-state index in [0.717, 1.165) is 12.1 Å². The molecule has 0 radical (unpaired) electrons. The fraction of sp³-hybridized carbons (Fsp3) is 0.333. The first kappa shape index (κ1) is 22.9. The molecule has 4 rings (SSSR count). The molecule has 1 heterocycles. The Morgan fingerprint density at radius 3 is 2.36 bits per heavy atom. The number of amides is 1. The number of carbonyl (C=O) groups is 1. The maximum atomic E-state index is 14.2. The number of carbonyl (C=O) groups excluding carboxylic acids is 1. The van der Waals surface area contributed by atoms with Crippen LogP contribution in [0.4, 0.5) is 27.6 Å². The van der Waals surface area contributed by atoms with Crippen LogP contribution in [0.15, 0.2) is 42.5 Å². The Hall–Kier alpha value is -3.23. The van der Waals surface area contributed by atoms with Crippen molar-refractivity contribution in [1.82, 2.24) is 10.3 Å². The van der Waals surface area contributed by atoms with E-state index in [9.17, 15) is 26.7 Å². The van der Waals surface area contributed by atoms with Gasteiger partial charge in [-0.3, -0.25) is 4.79 Å². The van der Waals surface area contributed by atoms with Gasteiger partial charge in [0, 0.05) is 23.2 Å². The molecule has 0 bridgehead atoms. The molecule has 0 saturated heterocycles. The van der Waals surface area contributed by atoms with Crippen molar-refractivity contribution in [2.45, 2.75) is 50.9 Å². The molecule has 0 aliphatic heterocycles. The molecule has 1 amide bonds. The number of hydrogen-bond donors (Lipinski definition) is 2. The average molecular weight is 463 g/mol. The van der Waals surface area contributed by atoms with Crippen LogP contribution in [0.25, 0.3) is 10.9 Å². The molecule has 1 saturated carbocycles. The van der Waals surface area contributed by atoms with Crippen LogP contribution in [-0.2, 0) is 6.18 Å². The van der Waals surface area contributed by atoms with E-state index in [4.69, 9.17) is 0 Å². The SMILES string of the molecule is Cc1ccc(F)c(C(=O)N[C@H]2CC[C@@H](Nc3cc(C(F)(F)F)nc4ccccc34)CC2)c1F. The highest BCUT2D eigenvalue weighted by molar-refractivity contribution is 5.95. The van der Waals surface area contributed by atoms with Crippen molar-refractivity contribution in [1.29, 1.82) is 0 Å². The molecule has 1 aliphatic carbocycles. The molecule has 1 fully saturated rings. The molecule has 3 aromatic rings. The lowest BCUT2D eigenvalue weighted by Gasteiger charge is -2.31. The summed E-state index contributed by atoms with van der Waals surface area (Å²) in [7, 11) is 0. The van der Waals surface area contributed by atoms with E-state index in [0.29, 0.717) is 36.8 Å². The maximum absolute atomic E-state index is 14.2. The number of aromatic nitrogens is 1. The van der Waals surface area contributed by atoms with Crippen molar-refractivity contribution in [2.24, 2.45) is 0 Å². The predicted molar refractivity (Wildman–Crippen MR) is 115 cm³/mol. The zero-order valence-corrected chi connectivity index (χ0v) is 17.8. The van der Waals surface area contributed by atoms with Gasteiger partial charge in [0.2, 0.25) is 0 Å². The monoisotopic (exact) mass is 463 g/mol. The summed E-state index contributed by atoms with van der Waals surface area (Å²) in [5, 5.41) is 6.47. The molecule has 33 heavy (non-hydrogen) atoms. The summed E-state index contributed by atoms with van der Waals surface area (Å²) >= 11 is 0. The predicted octanol–water partition coefficient (Wildman–Crippen LogP) is 5.99. The van der Waals surface area contributed by atoms with Gasteiger partial charge >= 0.3 is 6.18 Å². The van der Waals surface area contributed by atoms with Crippen LogP contribution in [0, 0.1) is 18.6 Å². The second-order valence-corrected chi connectivity index (χ2v) is 8.29. The van der Waals surface area contributed by atoms with E-state index < -0.39 is 35.0 Å². The molecule has 0 spiro atoms. The quantitative estimate of drug-likeness (QED) is 0.467. The Bertz CT molecular complexity index is 1190. The first-order chi connectivity index (χ1) is 15.6. The second-order valence-electron chi connectivity index (χ2n) is 8.29. The normalized spacial score (nSPS) is 18.8. The molecule has 1 aromatic heterocycles. The van der Waals surface area contributed by atoms with E-state index in [1.165, 1.54) is 19.1 Å². The summed E-state index contributed by atoms with van der Waals surface area (Å²) < 4.78 is 68.1. The number of benzene rings is 2. The number of anilines is 1. The number of pyridine rings is 1. The minimum Gasteiger partial charge on any atom is -0.382 e. The van der Waals surface area contributed by atoms with Gasteiger partial charge in [0.25, 0.3) is 5.91 Å². The third kappa shape index (κ3) is 4.91. The number of nitrogens with zero attached hydrogens (tertiary/aromatic N) is 1. The van der Waals surface area contributed by atoms with Gasteiger partial charge in [0.1, 0.15) is 22.9 Å². The number of hydrogen-bond acceptors (Lipinski definition) is 3. The molecule has 0 unspecified atom stereocenters. The first-order valence-electron chi connectivity index (χ1n) is 10.6. The van der Waals surface area contributed by atoms with Gasteiger partial charge in [0.05, 0.1) is 5.52 Å². The smallest absolute Gasteiger partial charge is 0.382 e. The van der Waals surface area contributed by atoms with Crippen LogP contribution in [0.1, 0.15) is 47.3 Å². The van der Waals surface area contributed by atoms with Crippen LogP contribution in [-0.4, -0.2) is 23.0 Å². The fourth-order valence-corrected chi connectivity index (χ4v) is 4.16. The largest absolute Gasteiger partial charge is 0.433 e. The third-order valence-corrected chi connectivity index (χ3v) is 5.94. The fourth-order valence-electron chi connectivity index (χ4n) is 4.16. The van der Waals surface area contributed by atoms with Crippen LogP contribution < -0.4 is 10.6 Å². The molecular weight excluding hydrogens is 441 g/mol. The maximum Gasteiger partial charge on any atom is 0.433 e. The Kier molecular flexibility index (Phi) is 6.23. The van der Waals surface area contributed by atoms with E-state index in [1.807, 2.05) is 0 Å². The number of aryl methyl sites for hydroxylation is 1. The van der Waals surface area contributed by atoms with Gasteiger partial charge in [0.15, 0.2) is 0 Å². The van der Waals surface area contributed by atoms with Gasteiger partial charge in [-0.25, -0.2) is 13.8 Å². The lowest BCUT2D eigenvalue weighted by atomic mass is 9.90. The summed E-state index contributed by atoms with van der Waals surface area (Å²) in [6.45, 7) is 1.45. The lowest BCUT2D eigenvalue weighted by molar-refractivity contribution is -0.140. The Morgan fingerprint density at radius 1 is 1.00 bits per heavy atom. The van der Waals surface area contributed by atoms with Crippen molar-refractivity contribution in [3.8, 4) is 0 Å². The van der Waals surface area contributed by atoms with Crippen molar-refractivity contribution < 1.29 is 26.7 Å². The molecule has 4 nitrogen and oxygen atoms in total. The summed E-state index contributed by atoms with van der Waals surface area (Å²) in [4.78, 5) is 16.2. The first-order valence-corrected chi connectivity index (χ1v) is 10.6. The molecular formula is C24H22F5N3O. The number of alkyl halides is 3. The molecule has 1 aliphatic rings. The highest BCUT2D eigenvalue weighted by atomic mass is 19.4. The van der Waals surface area contributed by atoms with Crippen LogP contribution in [0.2, 0.25) is 0 Å². The highest BCUT2D eigenvalue weighted by Gasteiger charge is 2.34.